The molecule has 0 radical (unpaired) electrons. The third-order valence-corrected chi connectivity index (χ3v) is 2.64. The molecule has 0 bridgehead atoms. The Balaban J connectivity index is 2.32. The summed E-state index contributed by atoms with van der Waals surface area (Å²) in [6.45, 7) is 2.75. The molecule has 0 amide bonds. The van der Waals surface area contributed by atoms with Crippen LogP contribution in [-0.2, 0) is 4.79 Å². The molecule has 0 aromatic heterocycles. The van der Waals surface area contributed by atoms with Gasteiger partial charge in [-0.05, 0) is 37.6 Å². The van der Waals surface area contributed by atoms with Gasteiger partial charge in [0.15, 0.2) is 0 Å². The van der Waals surface area contributed by atoms with Gasteiger partial charge in [0.05, 0.1) is 0 Å². The molecular weight excluding hydrogens is 226 g/mol. The zero-order valence-electron chi connectivity index (χ0n) is 9.24. The van der Waals surface area contributed by atoms with E-state index in [-0.39, 0.29) is 12.5 Å². The van der Waals surface area contributed by atoms with Crippen LogP contribution in [-0.4, -0.2) is 17.6 Å². The third kappa shape index (κ3) is 4.64. The number of aliphatic carboxylic acids is 1. The lowest BCUT2D eigenvalue weighted by Crippen LogP contribution is -2.20. The molecule has 1 aromatic carbocycles. The summed E-state index contributed by atoms with van der Waals surface area (Å²) in [4.78, 5) is 10.3. The van der Waals surface area contributed by atoms with Crippen LogP contribution in [0.3, 0.4) is 0 Å². The topological polar surface area (TPSA) is 49.3 Å². The van der Waals surface area contributed by atoms with Crippen molar-refractivity contribution in [3.8, 4) is 0 Å². The van der Waals surface area contributed by atoms with Crippen molar-refractivity contribution in [1.29, 1.82) is 0 Å². The third-order valence-electron chi connectivity index (χ3n) is 2.39. The molecule has 0 aliphatic carbocycles. The van der Waals surface area contributed by atoms with Crippen molar-refractivity contribution in [3.63, 3.8) is 0 Å². The lowest BCUT2D eigenvalue weighted by atomic mass is 10.1. The van der Waals surface area contributed by atoms with Gasteiger partial charge in [0.2, 0.25) is 0 Å². The van der Waals surface area contributed by atoms with Gasteiger partial charge in [0.25, 0.3) is 0 Å². The van der Waals surface area contributed by atoms with E-state index in [4.69, 9.17) is 16.7 Å². The second kappa shape index (κ2) is 6.51. The van der Waals surface area contributed by atoms with Gasteiger partial charge in [-0.3, -0.25) is 4.79 Å². The second-order valence-electron chi connectivity index (χ2n) is 3.72. The van der Waals surface area contributed by atoms with Crippen molar-refractivity contribution in [3.05, 3.63) is 34.9 Å². The number of carboxylic acid groups (broad SMARTS) is 1. The van der Waals surface area contributed by atoms with Crippen LogP contribution < -0.4 is 5.32 Å². The Hall–Kier alpha value is -1.06. The van der Waals surface area contributed by atoms with Crippen LogP contribution in [0.2, 0.25) is 5.02 Å². The zero-order valence-corrected chi connectivity index (χ0v) is 10.00. The van der Waals surface area contributed by atoms with Gasteiger partial charge in [0, 0.05) is 17.5 Å². The number of hydrogen-bond donors (Lipinski definition) is 2. The minimum absolute atomic E-state index is 0.209. The summed E-state index contributed by atoms with van der Waals surface area (Å²) in [6.07, 6.45) is 0.855. The number of benzene rings is 1. The first-order valence-corrected chi connectivity index (χ1v) is 5.68. The summed E-state index contributed by atoms with van der Waals surface area (Å²) in [5, 5.41) is 12.5. The zero-order chi connectivity index (χ0) is 12.0. The summed E-state index contributed by atoms with van der Waals surface area (Å²) < 4.78 is 0. The molecule has 0 aliphatic rings. The number of nitrogens with one attached hydrogen (secondary N) is 1. The SMILES string of the molecule is C[C@H](NCCCC(=O)O)c1ccc(Cl)cc1. The van der Waals surface area contributed by atoms with Gasteiger partial charge in [-0.2, -0.15) is 0 Å². The summed E-state index contributed by atoms with van der Waals surface area (Å²) in [6, 6.07) is 7.86. The first-order chi connectivity index (χ1) is 7.59. The van der Waals surface area contributed by atoms with Gasteiger partial charge in [-0.15, -0.1) is 0 Å². The van der Waals surface area contributed by atoms with Crippen molar-refractivity contribution in [1.82, 2.24) is 5.32 Å². The molecule has 1 rings (SSSR count). The van der Waals surface area contributed by atoms with E-state index in [0.717, 1.165) is 10.6 Å². The molecule has 4 heteroatoms. The van der Waals surface area contributed by atoms with E-state index in [0.29, 0.717) is 13.0 Å². The monoisotopic (exact) mass is 241 g/mol. The van der Waals surface area contributed by atoms with Crippen LogP contribution in [0.25, 0.3) is 0 Å². The molecule has 0 saturated heterocycles. The van der Waals surface area contributed by atoms with E-state index in [2.05, 4.69) is 5.32 Å². The van der Waals surface area contributed by atoms with E-state index in [1.807, 2.05) is 31.2 Å². The molecule has 0 fully saturated rings. The maximum absolute atomic E-state index is 10.3. The number of halogens is 1. The van der Waals surface area contributed by atoms with E-state index in [1.54, 1.807) is 0 Å². The minimum Gasteiger partial charge on any atom is -0.481 e. The van der Waals surface area contributed by atoms with E-state index < -0.39 is 5.97 Å². The Labute approximate surface area is 100 Å². The maximum atomic E-state index is 10.3. The van der Waals surface area contributed by atoms with E-state index in [1.165, 1.54) is 0 Å². The average molecular weight is 242 g/mol. The molecule has 1 atom stereocenters. The number of hydrogen-bond acceptors (Lipinski definition) is 2. The quantitative estimate of drug-likeness (QED) is 0.753. The molecule has 0 spiro atoms. The molecule has 3 nitrogen and oxygen atoms in total. The van der Waals surface area contributed by atoms with Crippen molar-refractivity contribution >= 4 is 17.6 Å². The minimum atomic E-state index is -0.749. The van der Waals surface area contributed by atoms with E-state index in [9.17, 15) is 4.79 Å². The van der Waals surface area contributed by atoms with Crippen LogP contribution in [0.1, 0.15) is 31.4 Å². The van der Waals surface area contributed by atoms with Crippen LogP contribution in [0.5, 0.6) is 0 Å². The molecule has 0 aliphatic heterocycles. The average Bonchev–Trinajstić information content (AvgIpc) is 2.25. The van der Waals surface area contributed by atoms with Crippen LogP contribution in [0, 0.1) is 0 Å². The first kappa shape index (κ1) is 13.0. The highest BCUT2D eigenvalue weighted by Crippen LogP contribution is 2.15. The molecule has 0 saturated carbocycles. The molecule has 1 aromatic rings. The van der Waals surface area contributed by atoms with Crippen LogP contribution in [0.4, 0.5) is 0 Å². The number of carboxylic acids is 1. The van der Waals surface area contributed by atoms with Gasteiger partial charge in [-0.25, -0.2) is 0 Å². The fraction of sp³-hybridized carbons (Fsp3) is 0.417. The summed E-state index contributed by atoms with van der Waals surface area (Å²) in [7, 11) is 0. The van der Waals surface area contributed by atoms with Crippen molar-refractivity contribution in [2.75, 3.05) is 6.54 Å². The van der Waals surface area contributed by atoms with Crippen LogP contribution >= 0.6 is 11.6 Å². The van der Waals surface area contributed by atoms with Gasteiger partial charge < -0.3 is 10.4 Å². The molecule has 0 heterocycles. The molecule has 16 heavy (non-hydrogen) atoms. The highest BCUT2D eigenvalue weighted by molar-refractivity contribution is 6.30. The summed E-state index contributed by atoms with van der Waals surface area (Å²) >= 11 is 5.79. The Morgan fingerprint density at radius 1 is 1.44 bits per heavy atom. The highest BCUT2D eigenvalue weighted by atomic mass is 35.5. The Kier molecular flexibility index (Phi) is 5.29. The molecule has 88 valence electrons. The lowest BCUT2D eigenvalue weighted by molar-refractivity contribution is -0.137. The lowest BCUT2D eigenvalue weighted by Gasteiger charge is -2.13. The fourth-order valence-corrected chi connectivity index (χ4v) is 1.55. The van der Waals surface area contributed by atoms with Crippen LogP contribution in [0.15, 0.2) is 24.3 Å². The Morgan fingerprint density at radius 2 is 2.06 bits per heavy atom. The number of rotatable bonds is 6. The largest absolute Gasteiger partial charge is 0.481 e. The molecular formula is C12H16ClNO2. The Bertz CT molecular complexity index is 337. The molecule has 2 N–H and O–H groups in total. The van der Waals surface area contributed by atoms with Crippen molar-refractivity contribution in [2.24, 2.45) is 0 Å². The fourth-order valence-electron chi connectivity index (χ4n) is 1.43. The normalized spacial score (nSPS) is 12.4. The predicted octanol–water partition coefficient (Wildman–Crippen LogP) is 2.86. The van der Waals surface area contributed by atoms with Crippen molar-refractivity contribution < 1.29 is 9.90 Å². The standard InChI is InChI=1S/C12H16ClNO2/c1-9(14-8-2-3-12(15)16)10-4-6-11(13)7-5-10/h4-7,9,14H,2-3,8H2,1H3,(H,15,16)/t9-/m0/s1. The second-order valence-corrected chi connectivity index (χ2v) is 4.16. The van der Waals surface area contributed by atoms with Crippen molar-refractivity contribution in [2.45, 2.75) is 25.8 Å². The Morgan fingerprint density at radius 3 is 2.62 bits per heavy atom. The summed E-state index contributed by atoms with van der Waals surface area (Å²) in [5.41, 5.74) is 1.15. The highest BCUT2D eigenvalue weighted by Gasteiger charge is 2.04. The smallest absolute Gasteiger partial charge is 0.303 e. The van der Waals surface area contributed by atoms with Gasteiger partial charge in [-0.1, -0.05) is 23.7 Å². The first-order valence-electron chi connectivity index (χ1n) is 5.30. The number of carbonyl (C=O) groups is 1. The molecule has 0 unspecified atom stereocenters. The predicted molar refractivity (Wildman–Crippen MR) is 64.7 cm³/mol. The van der Waals surface area contributed by atoms with Gasteiger partial charge in [0.1, 0.15) is 0 Å². The van der Waals surface area contributed by atoms with Gasteiger partial charge >= 0.3 is 5.97 Å². The maximum Gasteiger partial charge on any atom is 0.303 e. The summed E-state index contributed by atoms with van der Waals surface area (Å²) in [5.74, 6) is -0.749. The van der Waals surface area contributed by atoms with E-state index >= 15 is 0 Å².